The van der Waals surface area contributed by atoms with Gasteiger partial charge in [-0.15, -0.1) is 0 Å². The molecule has 0 aromatic heterocycles. The molecule has 1 aliphatic carbocycles. The molecule has 0 bridgehead atoms. The van der Waals surface area contributed by atoms with E-state index in [1.165, 1.54) is 32.1 Å². The second kappa shape index (κ2) is 7.60. The number of rotatable bonds is 2. The fourth-order valence-corrected chi connectivity index (χ4v) is 1.95. The topological polar surface area (TPSA) is 9.23 Å². The summed E-state index contributed by atoms with van der Waals surface area (Å²) in [5.74, 6) is 0.846. The van der Waals surface area contributed by atoms with Crippen molar-refractivity contribution in [3.63, 3.8) is 0 Å². The predicted octanol–water partition coefficient (Wildman–Crippen LogP) is 3.63. The zero-order valence-corrected chi connectivity index (χ0v) is 9.10. The fourth-order valence-electron chi connectivity index (χ4n) is 1.95. The molecule has 0 radical (unpaired) electrons. The highest BCUT2D eigenvalue weighted by Crippen LogP contribution is 2.28. The van der Waals surface area contributed by atoms with Gasteiger partial charge in [-0.2, -0.15) is 0 Å². The monoisotopic (exact) mass is 172 g/mol. The third-order valence-corrected chi connectivity index (χ3v) is 2.67. The lowest BCUT2D eigenvalue weighted by atomic mass is 9.85. The van der Waals surface area contributed by atoms with Gasteiger partial charge in [-0.1, -0.05) is 40.0 Å². The van der Waals surface area contributed by atoms with E-state index in [9.17, 15) is 0 Å². The normalized spacial score (nSPS) is 29.0. The van der Waals surface area contributed by atoms with Crippen molar-refractivity contribution in [3.05, 3.63) is 0 Å². The van der Waals surface area contributed by atoms with Gasteiger partial charge in [-0.05, 0) is 18.8 Å². The average molecular weight is 172 g/mol. The van der Waals surface area contributed by atoms with Crippen molar-refractivity contribution >= 4 is 0 Å². The molecule has 0 saturated heterocycles. The Bertz CT molecular complexity index is 79.0. The van der Waals surface area contributed by atoms with Crippen LogP contribution < -0.4 is 0 Å². The molecule has 0 amide bonds. The summed E-state index contributed by atoms with van der Waals surface area (Å²) in [6.07, 6.45) is 7.31. The molecule has 2 atom stereocenters. The molecule has 0 aromatic rings. The number of hydrogen-bond donors (Lipinski definition) is 0. The van der Waals surface area contributed by atoms with Crippen LogP contribution in [0.25, 0.3) is 0 Å². The fraction of sp³-hybridized carbons (Fsp3) is 1.00. The van der Waals surface area contributed by atoms with Crippen molar-refractivity contribution in [2.75, 3.05) is 7.11 Å². The highest BCUT2D eigenvalue weighted by Gasteiger charge is 2.22. The van der Waals surface area contributed by atoms with Gasteiger partial charge >= 0.3 is 0 Å². The summed E-state index contributed by atoms with van der Waals surface area (Å²) in [6.45, 7) is 6.27. The minimum atomic E-state index is 0.568. The zero-order chi connectivity index (χ0) is 9.40. The predicted molar refractivity (Wildman–Crippen MR) is 54.4 cm³/mol. The number of hydrogen-bond acceptors (Lipinski definition) is 1. The number of ether oxygens (including phenoxy) is 1. The summed E-state index contributed by atoms with van der Waals surface area (Å²) in [6, 6.07) is 0. The highest BCUT2D eigenvalue weighted by molar-refractivity contribution is 4.74. The lowest BCUT2D eigenvalue weighted by molar-refractivity contribution is 0.0223. The van der Waals surface area contributed by atoms with Crippen molar-refractivity contribution in [1.29, 1.82) is 0 Å². The van der Waals surface area contributed by atoms with Crippen LogP contribution in [0.2, 0.25) is 0 Å². The molecule has 74 valence electrons. The maximum absolute atomic E-state index is 5.39. The van der Waals surface area contributed by atoms with E-state index in [-0.39, 0.29) is 0 Å². The molecule has 0 heterocycles. The van der Waals surface area contributed by atoms with E-state index in [1.807, 2.05) is 21.0 Å². The number of methoxy groups -OCH3 is 1. The minimum absolute atomic E-state index is 0.568. The maximum atomic E-state index is 5.39. The van der Waals surface area contributed by atoms with Crippen molar-refractivity contribution in [1.82, 2.24) is 0 Å². The summed E-state index contributed by atoms with van der Waals surface area (Å²) >= 11 is 0. The van der Waals surface area contributed by atoms with Crippen molar-refractivity contribution in [2.24, 2.45) is 5.92 Å². The summed E-state index contributed by atoms with van der Waals surface area (Å²) in [7, 11) is 1.85. The van der Waals surface area contributed by atoms with Crippen LogP contribution in [0.4, 0.5) is 0 Å². The first-order chi connectivity index (χ1) is 5.88. The van der Waals surface area contributed by atoms with E-state index in [0.29, 0.717) is 6.10 Å². The Labute approximate surface area is 77.5 Å². The SMILES string of the molecule is CC.CCC1CCCCC1OC. The lowest BCUT2D eigenvalue weighted by Gasteiger charge is -2.29. The lowest BCUT2D eigenvalue weighted by Crippen LogP contribution is -2.25. The van der Waals surface area contributed by atoms with Crippen LogP contribution in [0.1, 0.15) is 52.9 Å². The first-order valence-corrected chi connectivity index (χ1v) is 5.41. The van der Waals surface area contributed by atoms with E-state index >= 15 is 0 Å². The van der Waals surface area contributed by atoms with Gasteiger partial charge < -0.3 is 4.74 Å². The average Bonchev–Trinajstić information content (AvgIpc) is 2.20. The third kappa shape index (κ3) is 3.57. The minimum Gasteiger partial charge on any atom is -0.381 e. The van der Waals surface area contributed by atoms with Gasteiger partial charge in [0.1, 0.15) is 0 Å². The summed E-state index contributed by atoms with van der Waals surface area (Å²) in [5, 5.41) is 0. The van der Waals surface area contributed by atoms with Gasteiger partial charge in [0.2, 0.25) is 0 Å². The van der Waals surface area contributed by atoms with Crippen LogP contribution in [0.15, 0.2) is 0 Å². The molecule has 2 unspecified atom stereocenters. The summed E-state index contributed by atoms with van der Waals surface area (Å²) in [5.41, 5.74) is 0. The van der Waals surface area contributed by atoms with Crippen LogP contribution in [0.3, 0.4) is 0 Å². The van der Waals surface area contributed by atoms with Crippen LogP contribution in [-0.4, -0.2) is 13.2 Å². The highest BCUT2D eigenvalue weighted by atomic mass is 16.5. The van der Waals surface area contributed by atoms with Gasteiger partial charge in [-0.3, -0.25) is 0 Å². The molecule has 1 rings (SSSR count). The Balaban J connectivity index is 0.000000561. The van der Waals surface area contributed by atoms with Crippen LogP contribution in [-0.2, 0) is 4.74 Å². The Morgan fingerprint density at radius 1 is 1.17 bits per heavy atom. The molecule has 1 aliphatic rings. The van der Waals surface area contributed by atoms with Gasteiger partial charge in [0.25, 0.3) is 0 Å². The molecule has 1 nitrogen and oxygen atoms in total. The van der Waals surface area contributed by atoms with E-state index in [0.717, 1.165) is 5.92 Å². The van der Waals surface area contributed by atoms with E-state index in [1.54, 1.807) is 0 Å². The van der Waals surface area contributed by atoms with Gasteiger partial charge in [-0.25, -0.2) is 0 Å². The molecule has 1 saturated carbocycles. The molecular formula is C11H24O. The third-order valence-electron chi connectivity index (χ3n) is 2.67. The van der Waals surface area contributed by atoms with Crippen LogP contribution in [0.5, 0.6) is 0 Å². The van der Waals surface area contributed by atoms with Crippen molar-refractivity contribution in [2.45, 2.75) is 59.0 Å². The summed E-state index contributed by atoms with van der Waals surface area (Å²) < 4.78 is 5.39. The Kier molecular flexibility index (Phi) is 7.58. The first kappa shape index (κ1) is 12.0. The standard InChI is InChI=1S/C9H18O.C2H6/c1-3-8-6-4-5-7-9(8)10-2;1-2/h8-9H,3-7H2,1-2H3;1-2H3. The second-order valence-electron chi connectivity index (χ2n) is 3.23. The molecule has 12 heavy (non-hydrogen) atoms. The van der Waals surface area contributed by atoms with Crippen LogP contribution in [0, 0.1) is 5.92 Å². The van der Waals surface area contributed by atoms with E-state index < -0.39 is 0 Å². The Morgan fingerprint density at radius 2 is 1.75 bits per heavy atom. The second-order valence-corrected chi connectivity index (χ2v) is 3.23. The maximum Gasteiger partial charge on any atom is 0.0599 e. The quantitative estimate of drug-likeness (QED) is 0.618. The molecule has 0 aromatic carbocycles. The van der Waals surface area contributed by atoms with Crippen molar-refractivity contribution in [3.8, 4) is 0 Å². The molecule has 1 fully saturated rings. The van der Waals surface area contributed by atoms with Crippen molar-refractivity contribution < 1.29 is 4.74 Å². The van der Waals surface area contributed by atoms with Gasteiger partial charge in [0, 0.05) is 7.11 Å². The summed E-state index contributed by atoms with van der Waals surface area (Å²) in [4.78, 5) is 0. The first-order valence-electron chi connectivity index (χ1n) is 5.41. The largest absolute Gasteiger partial charge is 0.381 e. The molecule has 0 spiro atoms. The zero-order valence-electron chi connectivity index (χ0n) is 9.10. The Hall–Kier alpha value is -0.0400. The molecule has 1 heteroatoms. The van der Waals surface area contributed by atoms with E-state index in [4.69, 9.17) is 4.74 Å². The van der Waals surface area contributed by atoms with E-state index in [2.05, 4.69) is 6.92 Å². The smallest absolute Gasteiger partial charge is 0.0599 e. The van der Waals surface area contributed by atoms with Crippen LogP contribution >= 0.6 is 0 Å². The van der Waals surface area contributed by atoms with Gasteiger partial charge in [0.05, 0.1) is 6.10 Å². The Morgan fingerprint density at radius 3 is 2.17 bits per heavy atom. The van der Waals surface area contributed by atoms with Gasteiger partial charge in [0.15, 0.2) is 0 Å². The molecule has 0 aliphatic heterocycles. The molecule has 0 N–H and O–H groups in total. The molecular weight excluding hydrogens is 148 g/mol.